The summed E-state index contributed by atoms with van der Waals surface area (Å²) in [5, 5.41) is 0. The highest BCUT2D eigenvalue weighted by Crippen LogP contribution is 1.89. The molecule has 0 bridgehead atoms. The molecule has 0 saturated heterocycles. The van der Waals surface area contributed by atoms with E-state index in [1.54, 1.807) is 0 Å². The van der Waals surface area contributed by atoms with E-state index in [2.05, 4.69) is 24.9 Å². The number of aliphatic imine (C=N–C) groups is 1. The minimum absolute atomic E-state index is 0.884. The first-order chi connectivity index (χ1) is 5.31. The number of hydrogen-bond donors (Lipinski definition) is 0. The van der Waals surface area contributed by atoms with Gasteiger partial charge in [-0.3, -0.25) is 4.99 Å². The van der Waals surface area contributed by atoms with Gasteiger partial charge in [-0.15, -0.1) is 0 Å². The van der Waals surface area contributed by atoms with Crippen molar-refractivity contribution < 1.29 is 0 Å². The Labute approximate surface area is 71.2 Å². The molecular formula is C10H21N. The molecule has 0 radical (unpaired) electrons. The Morgan fingerprint density at radius 1 is 1.27 bits per heavy atom. The van der Waals surface area contributed by atoms with Gasteiger partial charge in [0.05, 0.1) is 0 Å². The summed E-state index contributed by atoms with van der Waals surface area (Å²) in [7, 11) is 0. The fraction of sp³-hybridized carbons (Fsp3) is 0.700. The van der Waals surface area contributed by atoms with Gasteiger partial charge in [-0.25, -0.2) is 0 Å². The van der Waals surface area contributed by atoms with Crippen LogP contribution in [0.4, 0.5) is 0 Å². The molecule has 0 aliphatic rings. The van der Waals surface area contributed by atoms with Gasteiger partial charge in [-0.05, 0) is 25.8 Å². The lowest BCUT2D eigenvalue weighted by molar-refractivity contribution is 1.13. The molecule has 0 aromatic carbocycles. The zero-order valence-corrected chi connectivity index (χ0v) is 8.52. The second-order valence-electron chi connectivity index (χ2n) is 1.98. The third kappa shape index (κ3) is 12.6. The first kappa shape index (κ1) is 13.0. The smallest absolute Gasteiger partial charge is 0.0361 e. The van der Waals surface area contributed by atoms with Crippen LogP contribution in [-0.2, 0) is 0 Å². The Morgan fingerprint density at radius 3 is 2.18 bits per heavy atom. The second-order valence-corrected chi connectivity index (χ2v) is 1.98. The summed E-state index contributed by atoms with van der Waals surface area (Å²) in [6.45, 7) is 11.1. The Kier molecular flexibility index (Phi) is 14.4. The minimum Gasteiger partial charge on any atom is -0.293 e. The van der Waals surface area contributed by atoms with Crippen LogP contribution in [0.25, 0.3) is 0 Å². The van der Waals surface area contributed by atoms with Gasteiger partial charge < -0.3 is 0 Å². The molecular weight excluding hydrogens is 134 g/mol. The van der Waals surface area contributed by atoms with Crippen LogP contribution in [-0.4, -0.2) is 12.8 Å². The van der Waals surface area contributed by atoms with E-state index in [9.17, 15) is 0 Å². The van der Waals surface area contributed by atoms with Crippen LogP contribution in [0.15, 0.2) is 16.6 Å². The Hall–Kier alpha value is -0.590. The van der Waals surface area contributed by atoms with Crippen LogP contribution >= 0.6 is 0 Å². The van der Waals surface area contributed by atoms with Crippen LogP contribution in [0.1, 0.15) is 41.0 Å². The average Bonchev–Trinajstić information content (AvgIpc) is 2.05. The van der Waals surface area contributed by atoms with Gasteiger partial charge in [0.25, 0.3) is 0 Å². The third-order valence-corrected chi connectivity index (χ3v) is 1.00. The second kappa shape index (κ2) is 12.1. The predicted octanol–water partition coefficient (Wildman–Crippen LogP) is 3.46. The molecule has 0 atom stereocenters. The largest absolute Gasteiger partial charge is 0.293 e. The molecule has 0 rings (SSSR count). The van der Waals surface area contributed by atoms with E-state index in [4.69, 9.17) is 0 Å². The molecule has 0 aromatic rings. The van der Waals surface area contributed by atoms with Crippen LogP contribution in [0.5, 0.6) is 0 Å². The van der Waals surface area contributed by atoms with E-state index in [0.717, 1.165) is 13.0 Å². The molecule has 0 amide bonds. The molecule has 66 valence electrons. The predicted molar refractivity (Wildman–Crippen MR) is 54.4 cm³/mol. The van der Waals surface area contributed by atoms with Crippen molar-refractivity contribution >= 4 is 6.21 Å². The summed E-state index contributed by atoms with van der Waals surface area (Å²) < 4.78 is 0. The minimum atomic E-state index is 0.884. The van der Waals surface area contributed by atoms with E-state index in [1.807, 2.05) is 27.0 Å². The molecule has 0 aromatic heterocycles. The normalized spacial score (nSPS) is 11.2. The van der Waals surface area contributed by atoms with Crippen molar-refractivity contribution in [3.63, 3.8) is 0 Å². The van der Waals surface area contributed by atoms with E-state index in [-0.39, 0.29) is 0 Å². The standard InChI is InChI=1S/C8H15N.C2H6/c1-4-6-8(3)7-9-5-2;1-2/h6-7H,4-5H2,1-3H3;1-2H3/b8-6-,9-7?;. The van der Waals surface area contributed by atoms with E-state index >= 15 is 0 Å². The molecule has 0 spiro atoms. The number of rotatable bonds is 3. The van der Waals surface area contributed by atoms with Gasteiger partial charge in [0.2, 0.25) is 0 Å². The highest BCUT2D eigenvalue weighted by atomic mass is 14.7. The molecule has 1 nitrogen and oxygen atoms in total. The summed E-state index contributed by atoms with van der Waals surface area (Å²) in [5.41, 5.74) is 1.26. The third-order valence-electron chi connectivity index (χ3n) is 1.00. The molecule has 0 unspecified atom stereocenters. The van der Waals surface area contributed by atoms with Crippen molar-refractivity contribution in [2.75, 3.05) is 6.54 Å². The molecule has 0 aliphatic heterocycles. The van der Waals surface area contributed by atoms with Gasteiger partial charge in [0.1, 0.15) is 0 Å². The highest BCUT2D eigenvalue weighted by Gasteiger charge is 1.76. The summed E-state index contributed by atoms with van der Waals surface area (Å²) in [4.78, 5) is 4.10. The fourth-order valence-electron chi connectivity index (χ4n) is 0.610. The van der Waals surface area contributed by atoms with Crippen molar-refractivity contribution in [2.45, 2.75) is 41.0 Å². The van der Waals surface area contributed by atoms with E-state index in [0.29, 0.717) is 0 Å². The number of allylic oxidation sites excluding steroid dienone is 2. The maximum absolute atomic E-state index is 4.10. The van der Waals surface area contributed by atoms with Crippen molar-refractivity contribution in [1.29, 1.82) is 0 Å². The summed E-state index contributed by atoms with van der Waals surface area (Å²) in [5.74, 6) is 0. The lowest BCUT2D eigenvalue weighted by Crippen LogP contribution is -1.77. The summed E-state index contributed by atoms with van der Waals surface area (Å²) in [6, 6.07) is 0. The maximum atomic E-state index is 4.10. The topological polar surface area (TPSA) is 12.4 Å². The highest BCUT2D eigenvalue weighted by molar-refractivity contribution is 5.77. The van der Waals surface area contributed by atoms with Gasteiger partial charge >= 0.3 is 0 Å². The summed E-state index contributed by atoms with van der Waals surface area (Å²) in [6.07, 6.45) is 5.18. The quantitative estimate of drug-likeness (QED) is 0.553. The first-order valence-corrected chi connectivity index (χ1v) is 4.47. The first-order valence-electron chi connectivity index (χ1n) is 4.47. The summed E-state index contributed by atoms with van der Waals surface area (Å²) >= 11 is 0. The van der Waals surface area contributed by atoms with Crippen LogP contribution in [0.2, 0.25) is 0 Å². The lowest BCUT2D eigenvalue weighted by atomic mass is 10.3. The van der Waals surface area contributed by atoms with Crippen LogP contribution < -0.4 is 0 Å². The van der Waals surface area contributed by atoms with E-state index < -0.39 is 0 Å². The molecule has 0 fully saturated rings. The SMILES string of the molecule is CC.CC/C=C(/C)C=NCC. The van der Waals surface area contributed by atoms with Crippen molar-refractivity contribution in [1.82, 2.24) is 0 Å². The van der Waals surface area contributed by atoms with Crippen molar-refractivity contribution in [3.05, 3.63) is 11.6 Å². The van der Waals surface area contributed by atoms with E-state index in [1.165, 1.54) is 5.57 Å². The lowest BCUT2D eigenvalue weighted by Gasteiger charge is -1.86. The molecule has 0 saturated carbocycles. The van der Waals surface area contributed by atoms with Crippen molar-refractivity contribution in [2.24, 2.45) is 4.99 Å². The molecule has 11 heavy (non-hydrogen) atoms. The Morgan fingerprint density at radius 2 is 1.82 bits per heavy atom. The van der Waals surface area contributed by atoms with Crippen LogP contribution in [0, 0.1) is 0 Å². The monoisotopic (exact) mass is 155 g/mol. The molecule has 0 aliphatic carbocycles. The molecule has 1 heteroatoms. The molecule has 0 N–H and O–H groups in total. The maximum Gasteiger partial charge on any atom is 0.0361 e. The fourth-order valence-corrected chi connectivity index (χ4v) is 0.610. The Balaban J connectivity index is 0. The van der Waals surface area contributed by atoms with Gasteiger partial charge in [-0.1, -0.05) is 26.8 Å². The van der Waals surface area contributed by atoms with Gasteiger partial charge in [0, 0.05) is 12.8 Å². The zero-order valence-electron chi connectivity index (χ0n) is 8.52. The van der Waals surface area contributed by atoms with Crippen molar-refractivity contribution in [3.8, 4) is 0 Å². The number of nitrogens with zero attached hydrogens (tertiary/aromatic N) is 1. The average molecular weight is 155 g/mol. The van der Waals surface area contributed by atoms with Gasteiger partial charge in [0.15, 0.2) is 0 Å². The van der Waals surface area contributed by atoms with Gasteiger partial charge in [-0.2, -0.15) is 0 Å². The molecule has 0 heterocycles. The van der Waals surface area contributed by atoms with Crippen LogP contribution in [0.3, 0.4) is 0 Å². The zero-order chi connectivity index (χ0) is 9.11. The Bertz CT molecular complexity index is 112. The number of hydrogen-bond acceptors (Lipinski definition) is 1.